The van der Waals surface area contributed by atoms with E-state index in [2.05, 4.69) is 0 Å². The number of piperazine rings is 1. The Morgan fingerprint density at radius 3 is 1.94 bits per heavy atom. The van der Waals surface area contributed by atoms with Gasteiger partial charge < -0.3 is 14.5 Å². The molecule has 2 amide bonds. The summed E-state index contributed by atoms with van der Waals surface area (Å²) in [5.74, 6) is 0. The van der Waals surface area contributed by atoms with E-state index >= 15 is 0 Å². The van der Waals surface area contributed by atoms with Crippen molar-refractivity contribution in [2.75, 3.05) is 13.1 Å². The van der Waals surface area contributed by atoms with Crippen molar-refractivity contribution >= 4 is 23.1 Å². The molecule has 5 nitrogen and oxygen atoms in total. The van der Waals surface area contributed by atoms with Gasteiger partial charge in [-0.2, -0.15) is 0 Å². The van der Waals surface area contributed by atoms with Crippen molar-refractivity contribution in [3.63, 3.8) is 0 Å². The third-order valence-electron chi connectivity index (χ3n) is 2.77. The maximum atomic E-state index is 11.9. The van der Waals surface area contributed by atoms with E-state index in [1.165, 1.54) is 0 Å². The van der Waals surface area contributed by atoms with Crippen LogP contribution in [0.15, 0.2) is 0 Å². The second-order valence-electron chi connectivity index (χ2n) is 5.74. The van der Waals surface area contributed by atoms with Gasteiger partial charge in [-0.25, -0.2) is 4.79 Å². The van der Waals surface area contributed by atoms with E-state index in [9.17, 15) is 9.59 Å². The summed E-state index contributed by atoms with van der Waals surface area (Å²) in [6.07, 6.45) is -0.345. The van der Waals surface area contributed by atoms with Gasteiger partial charge in [0.15, 0.2) is 0 Å². The Balaban J connectivity index is 2.68. The number of carbonyl (C=O) groups is 2. The van der Waals surface area contributed by atoms with E-state index in [-0.39, 0.29) is 18.2 Å². The van der Waals surface area contributed by atoms with Crippen LogP contribution in [0.4, 0.5) is 9.59 Å². The maximum absolute atomic E-state index is 11.9. The van der Waals surface area contributed by atoms with Gasteiger partial charge in [0.05, 0.1) is 0 Å². The zero-order valence-electron chi connectivity index (χ0n) is 11.6. The predicted octanol–water partition coefficient (Wildman–Crippen LogP) is 2.67. The van der Waals surface area contributed by atoms with E-state index in [0.29, 0.717) is 13.1 Å². The van der Waals surface area contributed by atoms with Crippen molar-refractivity contribution in [3.8, 4) is 0 Å². The molecule has 6 heteroatoms. The van der Waals surface area contributed by atoms with E-state index in [1.807, 2.05) is 34.6 Å². The molecule has 1 aliphatic heterocycles. The van der Waals surface area contributed by atoms with Crippen LogP contribution >= 0.6 is 11.6 Å². The van der Waals surface area contributed by atoms with E-state index in [4.69, 9.17) is 16.3 Å². The van der Waals surface area contributed by atoms with Crippen molar-refractivity contribution in [1.82, 2.24) is 9.80 Å². The molecule has 0 saturated carbocycles. The van der Waals surface area contributed by atoms with Crippen LogP contribution in [0.2, 0.25) is 0 Å². The minimum absolute atomic E-state index is 0.105. The fourth-order valence-corrected chi connectivity index (χ4v) is 2.48. The van der Waals surface area contributed by atoms with Gasteiger partial charge in [0, 0.05) is 25.2 Å². The zero-order valence-corrected chi connectivity index (χ0v) is 12.3. The summed E-state index contributed by atoms with van der Waals surface area (Å²) in [7, 11) is 0. The van der Waals surface area contributed by atoms with E-state index < -0.39 is 11.0 Å². The SMILES string of the molecule is CC1CN(C(=O)OC(C)(C)C)CC(C)N1C(=O)Cl. The number of rotatable bonds is 0. The fraction of sp³-hybridized carbons (Fsp3) is 0.833. The summed E-state index contributed by atoms with van der Waals surface area (Å²) in [4.78, 5) is 26.4. The van der Waals surface area contributed by atoms with Crippen LogP contribution < -0.4 is 0 Å². The zero-order chi connectivity index (χ0) is 14.1. The topological polar surface area (TPSA) is 49.9 Å². The molecule has 1 aliphatic rings. The normalized spacial score (nSPS) is 25.0. The molecule has 0 aliphatic carbocycles. The number of ether oxygens (including phenoxy) is 1. The highest BCUT2D eigenvalue weighted by Crippen LogP contribution is 2.20. The molecular formula is C12H21ClN2O3. The van der Waals surface area contributed by atoms with Gasteiger partial charge >= 0.3 is 11.5 Å². The van der Waals surface area contributed by atoms with E-state index in [1.54, 1.807) is 9.80 Å². The van der Waals surface area contributed by atoms with E-state index in [0.717, 1.165) is 0 Å². The number of carbonyl (C=O) groups excluding carboxylic acids is 2. The highest BCUT2D eigenvalue weighted by Gasteiger charge is 2.35. The average molecular weight is 277 g/mol. The number of amides is 2. The average Bonchev–Trinajstić information content (AvgIpc) is 2.12. The minimum atomic E-state index is -0.511. The molecule has 1 saturated heterocycles. The van der Waals surface area contributed by atoms with Crippen molar-refractivity contribution < 1.29 is 14.3 Å². The van der Waals surface area contributed by atoms with Crippen molar-refractivity contribution in [3.05, 3.63) is 0 Å². The van der Waals surface area contributed by atoms with Crippen LogP contribution in [0.3, 0.4) is 0 Å². The van der Waals surface area contributed by atoms with Gasteiger partial charge in [0.25, 0.3) is 0 Å². The fourth-order valence-electron chi connectivity index (χ4n) is 2.14. The molecule has 0 aromatic heterocycles. The summed E-state index contributed by atoms with van der Waals surface area (Å²) in [5, 5.41) is -0.473. The van der Waals surface area contributed by atoms with Gasteiger partial charge in [-0.3, -0.25) is 4.79 Å². The lowest BCUT2D eigenvalue weighted by atomic mass is 10.1. The molecule has 0 spiro atoms. The lowest BCUT2D eigenvalue weighted by molar-refractivity contribution is 0.00310. The Morgan fingerprint density at radius 2 is 1.61 bits per heavy atom. The second-order valence-corrected chi connectivity index (χ2v) is 6.07. The van der Waals surface area contributed by atoms with Gasteiger partial charge in [-0.15, -0.1) is 0 Å². The van der Waals surface area contributed by atoms with Crippen molar-refractivity contribution in [2.45, 2.75) is 52.3 Å². The number of halogens is 1. The molecule has 2 atom stereocenters. The largest absolute Gasteiger partial charge is 0.444 e. The van der Waals surface area contributed by atoms with Crippen LogP contribution in [0.1, 0.15) is 34.6 Å². The first-order valence-electron chi connectivity index (χ1n) is 6.07. The Kier molecular flexibility index (Phi) is 4.48. The second kappa shape index (κ2) is 5.34. The molecule has 1 fully saturated rings. The Morgan fingerprint density at radius 1 is 1.17 bits per heavy atom. The lowest BCUT2D eigenvalue weighted by Crippen LogP contribution is -2.59. The van der Waals surface area contributed by atoms with Gasteiger partial charge in [0.1, 0.15) is 5.60 Å². The first-order valence-corrected chi connectivity index (χ1v) is 6.45. The van der Waals surface area contributed by atoms with Crippen LogP contribution in [-0.2, 0) is 4.74 Å². The Hall–Kier alpha value is -0.970. The Bertz CT molecular complexity index is 329. The minimum Gasteiger partial charge on any atom is -0.444 e. The summed E-state index contributed by atoms with van der Waals surface area (Å²) in [6, 6.07) is -0.211. The molecule has 0 aromatic carbocycles. The highest BCUT2D eigenvalue weighted by atomic mass is 35.5. The summed E-state index contributed by atoms with van der Waals surface area (Å²) >= 11 is 5.53. The molecule has 2 unspecified atom stereocenters. The molecular weight excluding hydrogens is 256 g/mol. The third-order valence-corrected chi connectivity index (χ3v) is 2.97. The summed E-state index contributed by atoms with van der Waals surface area (Å²) < 4.78 is 5.32. The molecule has 1 heterocycles. The Labute approximate surface area is 113 Å². The maximum Gasteiger partial charge on any atom is 0.410 e. The smallest absolute Gasteiger partial charge is 0.410 e. The van der Waals surface area contributed by atoms with Crippen LogP contribution in [0.5, 0.6) is 0 Å². The third kappa shape index (κ3) is 3.77. The summed E-state index contributed by atoms with van der Waals surface area (Å²) in [5.41, 5.74) is -0.511. The molecule has 18 heavy (non-hydrogen) atoms. The highest BCUT2D eigenvalue weighted by molar-refractivity contribution is 6.62. The van der Waals surface area contributed by atoms with Crippen LogP contribution in [0, 0.1) is 0 Å². The summed E-state index contributed by atoms with van der Waals surface area (Å²) in [6.45, 7) is 10.1. The van der Waals surface area contributed by atoms with Gasteiger partial charge in [-0.05, 0) is 46.2 Å². The van der Waals surface area contributed by atoms with Crippen molar-refractivity contribution in [1.29, 1.82) is 0 Å². The molecule has 0 N–H and O–H groups in total. The predicted molar refractivity (Wildman–Crippen MR) is 69.8 cm³/mol. The molecule has 0 aromatic rings. The number of hydrogen-bond acceptors (Lipinski definition) is 3. The first kappa shape index (κ1) is 15.1. The number of nitrogens with zero attached hydrogens (tertiary/aromatic N) is 2. The molecule has 1 rings (SSSR count). The molecule has 0 radical (unpaired) electrons. The number of hydrogen-bond donors (Lipinski definition) is 0. The molecule has 104 valence electrons. The van der Waals surface area contributed by atoms with Gasteiger partial charge in [0.2, 0.25) is 0 Å². The lowest BCUT2D eigenvalue weighted by Gasteiger charge is -2.43. The van der Waals surface area contributed by atoms with Crippen LogP contribution in [-0.4, -0.2) is 52.0 Å². The van der Waals surface area contributed by atoms with Crippen LogP contribution in [0.25, 0.3) is 0 Å². The van der Waals surface area contributed by atoms with Gasteiger partial charge in [-0.1, -0.05) is 0 Å². The monoisotopic (exact) mass is 276 g/mol. The van der Waals surface area contributed by atoms with Crippen molar-refractivity contribution in [2.24, 2.45) is 0 Å². The quantitative estimate of drug-likeness (QED) is 0.505. The molecule has 0 bridgehead atoms. The standard InChI is InChI=1S/C12H21ClN2O3/c1-8-6-14(11(17)18-12(3,4)5)7-9(2)15(8)10(13)16/h8-9H,6-7H2,1-5H3. The first-order chi connectivity index (χ1) is 8.11.